The van der Waals surface area contributed by atoms with E-state index in [0.717, 1.165) is 43.2 Å². The van der Waals surface area contributed by atoms with E-state index in [-0.39, 0.29) is 5.91 Å². The van der Waals surface area contributed by atoms with Gasteiger partial charge in [-0.25, -0.2) is 0 Å². The highest BCUT2D eigenvalue weighted by atomic mass is 16.5. The van der Waals surface area contributed by atoms with E-state index in [9.17, 15) is 4.79 Å². The van der Waals surface area contributed by atoms with Crippen LogP contribution in [0.3, 0.4) is 0 Å². The van der Waals surface area contributed by atoms with Gasteiger partial charge in [-0.3, -0.25) is 4.79 Å². The van der Waals surface area contributed by atoms with E-state index in [1.54, 1.807) is 18.2 Å². The number of nitrogens with zero attached hydrogens (tertiary/aromatic N) is 2. The first-order valence-corrected chi connectivity index (χ1v) is 10.3. The predicted molar refractivity (Wildman–Crippen MR) is 122 cm³/mol. The Hall–Kier alpha value is -3.82. The number of hydrogen-bond acceptors (Lipinski definition) is 5. The molecule has 3 aromatic rings. The normalized spacial score (nSPS) is 14.4. The van der Waals surface area contributed by atoms with Crippen molar-refractivity contribution in [1.82, 2.24) is 0 Å². The molecule has 0 spiro atoms. The van der Waals surface area contributed by atoms with Gasteiger partial charge >= 0.3 is 0 Å². The molecule has 1 amide bonds. The molecule has 0 saturated carbocycles. The van der Waals surface area contributed by atoms with E-state index in [4.69, 9.17) is 10.00 Å². The number of anilines is 3. The Kier molecular flexibility index (Phi) is 6.46. The largest absolute Gasteiger partial charge is 0.378 e. The van der Waals surface area contributed by atoms with Crippen molar-refractivity contribution in [1.29, 1.82) is 5.26 Å². The van der Waals surface area contributed by atoms with Crippen molar-refractivity contribution >= 4 is 23.0 Å². The van der Waals surface area contributed by atoms with Crippen LogP contribution in [0.5, 0.6) is 0 Å². The molecule has 1 atom stereocenters. The third kappa shape index (κ3) is 5.21. The van der Waals surface area contributed by atoms with Crippen LogP contribution in [0.1, 0.15) is 17.2 Å². The maximum atomic E-state index is 13.2. The first-order valence-electron chi connectivity index (χ1n) is 10.3. The first-order chi connectivity index (χ1) is 15.2. The maximum Gasteiger partial charge on any atom is 0.251 e. The molecule has 4 rings (SSSR count). The van der Waals surface area contributed by atoms with E-state index >= 15 is 0 Å². The second-order valence-electron chi connectivity index (χ2n) is 7.32. The zero-order valence-corrected chi connectivity index (χ0v) is 17.1. The summed E-state index contributed by atoms with van der Waals surface area (Å²) in [5.41, 5.74) is 3.94. The fourth-order valence-corrected chi connectivity index (χ4v) is 3.58. The summed E-state index contributed by atoms with van der Waals surface area (Å²) in [5.74, 6) is -0.173. The predicted octanol–water partition coefficient (Wildman–Crippen LogP) is 4.19. The van der Waals surface area contributed by atoms with Crippen LogP contribution >= 0.6 is 0 Å². The number of carbonyl (C=O) groups is 1. The second kappa shape index (κ2) is 9.79. The first kappa shape index (κ1) is 20.5. The van der Waals surface area contributed by atoms with Crippen LogP contribution in [0.25, 0.3) is 0 Å². The highest BCUT2D eigenvalue weighted by Crippen LogP contribution is 2.24. The topological polar surface area (TPSA) is 77.4 Å². The Bertz CT molecular complexity index is 1050. The van der Waals surface area contributed by atoms with E-state index in [0.29, 0.717) is 11.3 Å². The van der Waals surface area contributed by atoms with Gasteiger partial charge in [-0.2, -0.15) is 5.26 Å². The molecule has 0 bridgehead atoms. The summed E-state index contributed by atoms with van der Waals surface area (Å²) < 4.78 is 5.41. The second-order valence-corrected chi connectivity index (χ2v) is 7.32. The van der Waals surface area contributed by atoms with Gasteiger partial charge in [-0.05, 0) is 48.0 Å². The lowest BCUT2D eigenvalue weighted by molar-refractivity contribution is -0.117. The highest BCUT2D eigenvalue weighted by molar-refractivity contribution is 5.97. The van der Waals surface area contributed by atoms with Gasteiger partial charge in [0.05, 0.1) is 24.8 Å². The molecule has 1 aliphatic rings. The fourth-order valence-electron chi connectivity index (χ4n) is 3.58. The number of ether oxygens (including phenoxy) is 1. The average Bonchev–Trinajstić information content (AvgIpc) is 2.84. The fraction of sp³-hybridized carbons (Fsp3) is 0.200. The number of carbonyl (C=O) groups excluding carboxylic acids is 1. The van der Waals surface area contributed by atoms with Crippen LogP contribution in [0.4, 0.5) is 17.1 Å². The molecule has 6 heteroatoms. The van der Waals surface area contributed by atoms with Crippen molar-refractivity contribution in [3.8, 4) is 6.07 Å². The van der Waals surface area contributed by atoms with Crippen molar-refractivity contribution in [2.24, 2.45) is 0 Å². The van der Waals surface area contributed by atoms with Gasteiger partial charge < -0.3 is 20.3 Å². The molecule has 0 aromatic heterocycles. The molecular formula is C25H24N4O2. The van der Waals surface area contributed by atoms with E-state index < -0.39 is 6.04 Å². The highest BCUT2D eigenvalue weighted by Gasteiger charge is 2.21. The molecule has 0 aliphatic carbocycles. The maximum absolute atomic E-state index is 13.2. The molecule has 1 fully saturated rings. The third-order valence-electron chi connectivity index (χ3n) is 5.21. The monoisotopic (exact) mass is 412 g/mol. The Morgan fingerprint density at radius 3 is 2.39 bits per heavy atom. The molecular weight excluding hydrogens is 388 g/mol. The molecule has 2 N–H and O–H groups in total. The molecule has 1 heterocycles. The van der Waals surface area contributed by atoms with Gasteiger partial charge in [-0.15, -0.1) is 0 Å². The van der Waals surface area contributed by atoms with Gasteiger partial charge in [-0.1, -0.05) is 36.4 Å². The number of amides is 1. The van der Waals surface area contributed by atoms with Crippen LogP contribution < -0.4 is 15.5 Å². The standard InChI is InChI=1S/C25H24N4O2/c26-18-19-5-4-8-22(17-19)27-24(20-6-2-1-3-7-20)25(30)28-21-9-11-23(12-10-21)29-13-15-31-16-14-29/h1-12,17,24,27H,13-16H2,(H,28,30). The summed E-state index contributed by atoms with van der Waals surface area (Å²) in [5, 5.41) is 15.4. The van der Waals surface area contributed by atoms with Crippen molar-refractivity contribution in [2.75, 3.05) is 41.8 Å². The van der Waals surface area contributed by atoms with Crippen molar-refractivity contribution in [3.05, 3.63) is 90.0 Å². The minimum Gasteiger partial charge on any atom is -0.378 e. The molecule has 1 saturated heterocycles. The van der Waals surface area contributed by atoms with Crippen LogP contribution in [0, 0.1) is 11.3 Å². The molecule has 156 valence electrons. The zero-order valence-electron chi connectivity index (χ0n) is 17.1. The minimum absolute atomic E-state index is 0.173. The Morgan fingerprint density at radius 2 is 1.68 bits per heavy atom. The summed E-state index contributed by atoms with van der Waals surface area (Å²) in [4.78, 5) is 15.5. The lowest BCUT2D eigenvalue weighted by Gasteiger charge is -2.29. The van der Waals surface area contributed by atoms with Gasteiger partial charge in [0.2, 0.25) is 0 Å². The quantitative estimate of drug-likeness (QED) is 0.635. The number of rotatable bonds is 6. The van der Waals surface area contributed by atoms with Gasteiger partial charge in [0.15, 0.2) is 0 Å². The summed E-state index contributed by atoms with van der Waals surface area (Å²) in [6.45, 7) is 3.20. The van der Waals surface area contributed by atoms with Gasteiger partial charge in [0, 0.05) is 30.2 Å². The number of nitrogens with one attached hydrogen (secondary N) is 2. The van der Waals surface area contributed by atoms with E-state index in [1.807, 2.05) is 60.7 Å². The number of morpholine rings is 1. The minimum atomic E-state index is -0.603. The van der Waals surface area contributed by atoms with Crippen molar-refractivity contribution in [3.63, 3.8) is 0 Å². The third-order valence-corrected chi connectivity index (χ3v) is 5.21. The molecule has 3 aromatic carbocycles. The number of hydrogen-bond donors (Lipinski definition) is 2. The summed E-state index contributed by atoms with van der Waals surface area (Å²) >= 11 is 0. The summed E-state index contributed by atoms with van der Waals surface area (Å²) in [7, 11) is 0. The van der Waals surface area contributed by atoms with Gasteiger partial charge in [0.1, 0.15) is 6.04 Å². The zero-order chi connectivity index (χ0) is 21.5. The Labute approximate surface area is 182 Å². The SMILES string of the molecule is N#Cc1cccc(NC(C(=O)Nc2ccc(N3CCOCC3)cc2)c2ccccc2)c1. The van der Waals surface area contributed by atoms with Crippen LogP contribution in [0.2, 0.25) is 0 Å². The number of nitriles is 1. The molecule has 6 nitrogen and oxygen atoms in total. The lowest BCUT2D eigenvalue weighted by atomic mass is 10.0. The van der Waals surface area contributed by atoms with E-state index in [2.05, 4.69) is 21.6 Å². The Morgan fingerprint density at radius 1 is 0.935 bits per heavy atom. The smallest absolute Gasteiger partial charge is 0.251 e. The molecule has 1 aliphatic heterocycles. The molecule has 1 unspecified atom stereocenters. The molecule has 0 radical (unpaired) electrons. The molecule has 31 heavy (non-hydrogen) atoms. The van der Waals surface area contributed by atoms with Crippen molar-refractivity contribution in [2.45, 2.75) is 6.04 Å². The number of benzene rings is 3. The van der Waals surface area contributed by atoms with Crippen LogP contribution in [-0.4, -0.2) is 32.2 Å². The summed E-state index contributed by atoms with van der Waals surface area (Å²) in [6, 6.07) is 26.1. The van der Waals surface area contributed by atoms with E-state index in [1.165, 1.54) is 0 Å². The van der Waals surface area contributed by atoms with Crippen LogP contribution in [-0.2, 0) is 9.53 Å². The van der Waals surface area contributed by atoms with Crippen molar-refractivity contribution < 1.29 is 9.53 Å². The Balaban J connectivity index is 1.51. The summed E-state index contributed by atoms with van der Waals surface area (Å²) in [6.07, 6.45) is 0. The average molecular weight is 412 g/mol. The van der Waals surface area contributed by atoms with Crippen LogP contribution in [0.15, 0.2) is 78.9 Å². The van der Waals surface area contributed by atoms with Gasteiger partial charge in [0.25, 0.3) is 5.91 Å². The lowest BCUT2D eigenvalue weighted by Crippen LogP contribution is -2.36.